The van der Waals surface area contributed by atoms with Gasteiger partial charge >= 0.3 is 0 Å². The molecule has 1 rings (SSSR count). The van der Waals surface area contributed by atoms with Crippen LogP contribution in [0.4, 0.5) is 0 Å². The highest BCUT2D eigenvalue weighted by molar-refractivity contribution is 5.13. The van der Waals surface area contributed by atoms with Crippen LogP contribution in [0.1, 0.15) is 38.3 Å². The van der Waals surface area contributed by atoms with E-state index in [2.05, 4.69) is 23.3 Å². The third-order valence-corrected chi connectivity index (χ3v) is 2.42. The number of nitrogens with one attached hydrogen (secondary N) is 1. The highest BCUT2D eigenvalue weighted by Crippen LogP contribution is 2.17. The molecule has 2 N–H and O–H groups in total. The van der Waals surface area contributed by atoms with Crippen LogP contribution in [0.5, 0.6) is 0 Å². The molecule has 0 bridgehead atoms. The monoisotopic (exact) mass is 208 g/mol. The largest absolute Gasteiger partial charge is 0.395 e. The van der Waals surface area contributed by atoms with Crippen molar-refractivity contribution in [3.05, 3.63) is 30.1 Å². The normalized spacial score (nSPS) is 14.9. The van der Waals surface area contributed by atoms with Gasteiger partial charge in [-0.3, -0.25) is 4.98 Å². The van der Waals surface area contributed by atoms with Crippen LogP contribution in [-0.4, -0.2) is 22.7 Å². The second-order valence-corrected chi connectivity index (χ2v) is 3.88. The van der Waals surface area contributed by atoms with Crippen LogP contribution in [-0.2, 0) is 0 Å². The van der Waals surface area contributed by atoms with Crippen molar-refractivity contribution in [1.82, 2.24) is 10.3 Å². The van der Waals surface area contributed by atoms with Gasteiger partial charge in [-0.15, -0.1) is 0 Å². The van der Waals surface area contributed by atoms with E-state index in [1.807, 2.05) is 19.2 Å². The summed E-state index contributed by atoms with van der Waals surface area (Å²) in [5, 5.41) is 12.4. The van der Waals surface area contributed by atoms with Gasteiger partial charge in [0.25, 0.3) is 0 Å². The maximum atomic E-state index is 9.02. The summed E-state index contributed by atoms with van der Waals surface area (Å²) in [5.41, 5.74) is 1.19. The molecule has 0 spiro atoms. The van der Waals surface area contributed by atoms with E-state index in [0.717, 1.165) is 12.8 Å². The lowest BCUT2D eigenvalue weighted by molar-refractivity contribution is 0.238. The molecular weight excluding hydrogens is 188 g/mol. The van der Waals surface area contributed by atoms with Gasteiger partial charge in [0, 0.05) is 24.5 Å². The fourth-order valence-corrected chi connectivity index (χ4v) is 1.61. The summed E-state index contributed by atoms with van der Waals surface area (Å²) < 4.78 is 0. The molecule has 3 nitrogen and oxygen atoms in total. The molecule has 0 aliphatic rings. The zero-order valence-corrected chi connectivity index (χ0v) is 9.48. The molecule has 0 aliphatic carbocycles. The highest BCUT2D eigenvalue weighted by Gasteiger charge is 2.12. The van der Waals surface area contributed by atoms with Crippen molar-refractivity contribution in [3.8, 4) is 0 Å². The van der Waals surface area contributed by atoms with E-state index in [1.54, 1.807) is 6.20 Å². The number of aliphatic hydroxyl groups is 1. The molecule has 0 amide bonds. The maximum absolute atomic E-state index is 9.02. The van der Waals surface area contributed by atoms with Crippen LogP contribution in [0, 0.1) is 0 Å². The van der Waals surface area contributed by atoms with E-state index < -0.39 is 0 Å². The Morgan fingerprint density at radius 3 is 2.87 bits per heavy atom. The number of hydrogen-bond acceptors (Lipinski definition) is 3. The number of rotatable bonds is 6. The van der Waals surface area contributed by atoms with Crippen LogP contribution < -0.4 is 5.32 Å². The topological polar surface area (TPSA) is 45.1 Å². The van der Waals surface area contributed by atoms with Crippen molar-refractivity contribution in [2.75, 3.05) is 6.61 Å². The minimum atomic E-state index is 0.127. The van der Waals surface area contributed by atoms with Crippen molar-refractivity contribution < 1.29 is 5.11 Å². The standard InChI is InChI=1S/C12H20N2O/c1-3-5-12(14-10(2)9-15)11-6-4-7-13-8-11/h4,6-8,10,12,14-15H,3,5,9H2,1-2H3/t10-,12?/m0/s1. The summed E-state index contributed by atoms with van der Waals surface area (Å²) >= 11 is 0. The highest BCUT2D eigenvalue weighted by atomic mass is 16.3. The molecule has 1 aromatic heterocycles. The number of aliphatic hydroxyl groups excluding tert-OH is 1. The van der Waals surface area contributed by atoms with Crippen LogP contribution in [0.3, 0.4) is 0 Å². The molecule has 0 radical (unpaired) electrons. The first-order valence-electron chi connectivity index (χ1n) is 5.54. The van der Waals surface area contributed by atoms with Gasteiger partial charge in [0.2, 0.25) is 0 Å². The first kappa shape index (κ1) is 12.1. The Morgan fingerprint density at radius 1 is 1.53 bits per heavy atom. The van der Waals surface area contributed by atoms with Gasteiger partial charge in [0.05, 0.1) is 6.61 Å². The van der Waals surface area contributed by atoms with Crippen molar-refractivity contribution in [2.45, 2.75) is 38.8 Å². The summed E-state index contributed by atoms with van der Waals surface area (Å²) in [5.74, 6) is 0. The Kier molecular flexibility index (Phi) is 5.29. The number of nitrogens with zero attached hydrogens (tertiary/aromatic N) is 1. The van der Waals surface area contributed by atoms with Gasteiger partial charge in [-0.2, -0.15) is 0 Å². The lowest BCUT2D eigenvalue weighted by atomic mass is 10.0. The van der Waals surface area contributed by atoms with Gasteiger partial charge in [-0.05, 0) is 25.0 Å². The predicted molar refractivity (Wildman–Crippen MR) is 61.6 cm³/mol. The summed E-state index contributed by atoms with van der Waals surface area (Å²) in [4.78, 5) is 4.12. The van der Waals surface area contributed by atoms with Crippen LogP contribution in [0.25, 0.3) is 0 Å². The number of hydrogen-bond donors (Lipinski definition) is 2. The van der Waals surface area contributed by atoms with Crippen molar-refractivity contribution in [3.63, 3.8) is 0 Å². The minimum Gasteiger partial charge on any atom is -0.395 e. The Balaban J connectivity index is 2.65. The average Bonchev–Trinajstić information content (AvgIpc) is 2.29. The summed E-state index contributed by atoms with van der Waals surface area (Å²) in [7, 11) is 0. The van der Waals surface area contributed by atoms with E-state index >= 15 is 0 Å². The lowest BCUT2D eigenvalue weighted by Gasteiger charge is -2.21. The summed E-state index contributed by atoms with van der Waals surface area (Å²) in [6, 6.07) is 4.45. The summed E-state index contributed by atoms with van der Waals surface area (Å²) in [6.45, 7) is 4.31. The first-order chi connectivity index (χ1) is 7.27. The Bertz CT molecular complexity index is 264. The van der Waals surface area contributed by atoms with Crippen molar-refractivity contribution in [2.24, 2.45) is 0 Å². The Hall–Kier alpha value is -0.930. The fraction of sp³-hybridized carbons (Fsp3) is 0.583. The summed E-state index contributed by atoms with van der Waals surface area (Å²) in [6.07, 6.45) is 5.85. The van der Waals surface area contributed by atoms with Crippen LogP contribution >= 0.6 is 0 Å². The van der Waals surface area contributed by atoms with Crippen molar-refractivity contribution in [1.29, 1.82) is 0 Å². The van der Waals surface area contributed by atoms with Crippen LogP contribution in [0.2, 0.25) is 0 Å². The first-order valence-corrected chi connectivity index (χ1v) is 5.54. The quantitative estimate of drug-likeness (QED) is 0.750. The lowest BCUT2D eigenvalue weighted by Crippen LogP contribution is -2.33. The molecule has 0 saturated heterocycles. The van der Waals surface area contributed by atoms with E-state index in [9.17, 15) is 0 Å². The molecule has 3 heteroatoms. The fourth-order valence-electron chi connectivity index (χ4n) is 1.61. The molecule has 0 aliphatic heterocycles. The maximum Gasteiger partial charge on any atom is 0.0582 e. The molecular formula is C12H20N2O. The smallest absolute Gasteiger partial charge is 0.0582 e. The van der Waals surface area contributed by atoms with E-state index in [-0.39, 0.29) is 12.6 Å². The molecule has 0 saturated carbocycles. The predicted octanol–water partition coefficient (Wildman–Crippen LogP) is 1.89. The molecule has 1 aromatic rings. The molecule has 0 fully saturated rings. The second-order valence-electron chi connectivity index (χ2n) is 3.88. The van der Waals surface area contributed by atoms with Crippen molar-refractivity contribution >= 4 is 0 Å². The van der Waals surface area contributed by atoms with Gasteiger partial charge in [-0.25, -0.2) is 0 Å². The van der Waals surface area contributed by atoms with Gasteiger partial charge in [-0.1, -0.05) is 19.4 Å². The van der Waals surface area contributed by atoms with Gasteiger partial charge < -0.3 is 10.4 Å². The van der Waals surface area contributed by atoms with E-state index in [1.165, 1.54) is 5.56 Å². The minimum absolute atomic E-state index is 0.127. The molecule has 84 valence electrons. The second kappa shape index (κ2) is 6.53. The molecule has 1 heterocycles. The van der Waals surface area contributed by atoms with Crippen LogP contribution in [0.15, 0.2) is 24.5 Å². The molecule has 0 aromatic carbocycles. The van der Waals surface area contributed by atoms with Gasteiger partial charge in [0.1, 0.15) is 0 Å². The number of pyridine rings is 1. The third-order valence-electron chi connectivity index (χ3n) is 2.42. The Morgan fingerprint density at radius 2 is 2.33 bits per heavy atom. The molecule has 15 heavy (non-hydrogen) atoms. The number of aromatic nitrogens is 1. The average molecular weight is 208 g/mol. The van der Waals surface area contributed by atoms with E-state index in [4.69, 9.17) is 5.11 Å². The SMILES string of the molecule is CCCC(N[C@@H](C)CO)c1cccnc1. The molecule has 1 unspecified atom stereocenters. The zero-order valence-electron chi connectivity index (χ0n) is 9.48. The van der Waals surface area contributed by atoms with E-state index in [0.29, 0.717) is 6.04 Å². The molecule has 2 atom stereocenters. The third kappa shape index (κ3) is 3.98. The Labute approximate surface area is 91.5 Å². The van der Waals surface area contributed by atoms with Gasteiger partial charge in [0.15, 0.2) is 0 Å². The zero-order chi connectivity index (χ0) is 11.1.